The lowest BCUT2D eigenvalue weighted by atomic mass is 10.2. The Morgan fingerprint density at radius 2 is 1.95 bits per heavy atom. The van der Waals surface area contributed by atoms with Gasteiger partial charge >= 0.3 is 6.61 Å². The van der Waals surface area contributed by atoms with Gasteiger partial charge in [-0.15, -0.1) is 11.3 Å². The molecule has 8 heteroatoms. The Labute approximate surface area is 109 Å². The van der Waals surface area contributed by atoms with Crippen LogP contribution in [-0.4, -0.2) is 16.7 Å². The summed E-state index contributed by atoms with van der Waals surface area (Å²) >= 11 is 0.967. The first-order valence-electron chi connectivity index (χ1n) is 5.01. The van der Waals surface area contributed by atoms with Crippen LogP contribution < -0.4 is 4.74 Å². The molecule has 0 saturated carbocycles. The minimum absolute atomic E-state index is 0.0936. The molecule has 0 atom stereocenters. The number of nitrogens with zero attached hydrogens (tertiary/aromatic N) is 1. The Kier molecular flexibility index (Phi) is 4.01. The minimum Gasteiger partial charge on any atom is -0.434 e. The van der Waals surface area contributed by atoms with Crippen molar-refractivity contribution in [3.63, 3.8) is 0 Å². The second-order valence-electron chi connectivity index (χ2n) is 3.43. The fourth-order valence-corrected chi connectivity index (χ4v) is 2.19. The lowest BCUT2D eigenvalue weighted by molar-refractivity contribution is -0.0496. The number of ether oxygens (including phenoxy) is 1. The van der Waals surface area contributed by atoms with Crippen molar-refractivity contribution in [2.75, 3.05) is 0 Å². The van der Waals surface area contributed by atoms with E-state index in [-0.39, 0.29) is 17.2 Å². The Morgan fingerprint density at radius 3 is 2.53 bits per heavy atom. The molecule has 0 spiro atoms. The molecule has 1 heterocycles. The van der Waals surface area contributed by atoms with Crippen LogP contribution in [0, 0.1) is 11.6 Å². The van der Waals surface area contributed by atoms with Gasteiger partial charge in [0, 0.05) is 12.3 Å². The van der Waals surface area contributed by atoms with Gasteiger partial charge < -0.3 is 9.84 Å². The van der Waals surface area contributed by atoms with E-state index in [0.29, 0.717) is 10.9 Å². The average molecular weight is 293 g/mol. The number of rotatable bonds is 4. The van der Waals surface area contributed by atoms with Crippen LogP contribution >= 0.6 is 11.3 Å². The van der Waals surface area contributed by atoms with Crippen LogP contribution in [0.15, 0.2) is 18.3 Å². The lowest BCUT2D eigenvalue weighted by Gasteiger charge is -2.09. The zero-order valence-corrected chi connectivity index (χ0v) is 10.1. The van der Waals surface area contributed by atoms with Gasteiger partial charge in [0.1, 0.15) is 10.8 Å². The van der Waals surface area contributed by atoms with Crippen LogP contribution in [0.5, 0.6) is 5.75 Å². The summed E-state index contributed by atoms with van der Waals surface area (Å²) in [5, 5.41) is 9.05. The summed E-state index contributed by atoms with van der Waals surface area (Å²) < 4.78 is 54.8. The predicted molar refractivity (Wildman–Crippen MR) is 60.0 cm³/mol. The third-order valence-electron chi connectivity index (χ3n) is 2.18. The van der Waals surface area contributed by atoms with Gasteiger partial charge in [0.2, 0.25) is 0 Å². The third-order valence-corrected chi connectivity index (χ3v) is 3.19. The number of benzene rings is 1. The lowest BCUT2D eigenvalue weighted by Crippen LogP contribution is -2.04. The predicted octanol–water partition coefficient (Wildman–Crippen LogP) is 3.18. The van der Waals surface area contributed by atoms with Gasteiger partial charge in [0.05, 0.1) is 17.0 Å². The summed E-state index contributed by atoms with van der Waals surface area (Å²) in [5.74, 6) is -3.00. The zero-order chi connectivity index (χ0) is 14.0. The fraction of sp³-hybridized carbons (Fsp3) is 0.182. The molecule has 1 N–H and O–H groups in total. The fourth-order valence-electron chi connectivity index (χ4n) is 1.39. The smallest absolute Gasteiger partial charge is 0.387 e. The molecule has 19 heavy (non-hydrogen) atoms. The molecule has 0 aliphatic carbocycles. The SMILES string of the molecule is OCc1cnc(-c2cc(F)c(F)cc2OC(F)F)s1. The van der Waals surface area contributed by atoms with E-state index in [1.165, 1.54) is 6.20 Å². The molecule has 1 aromatic heterocycles. The number of aliphatic hydroxyl groups is 1. The van der Waals surface area contributed by atoms with Gasteiger partial charge in [-0.1, -0.05) is 0 Å². The first kappa shape index (κ1) is 13.8. The number of alkyl halides is 2. The van der Waals surface area contributed by atoms with Gasteiger partial charge in [-0.25, -0.2) is 13.8 Å². The highest BCUT2D eigenvalue weighted by Crippen LogP contribution is 2.35. The molecule has 0 unspecified atom stereocenters. The van der Waals surface area contributed by atoms with Crippen molar-refractivity contribution in [2.45, 2.75) is 13.2 Å². The van der Waals surface area contributed by atoms with Crippen molar-refractivity contribution in [1.82, 2.24) is 4.98 Å². The maximum absolute atomic E-state index is 13.2. The maximum atomic E-state index is 13.2. The summed E-state index contributed by atoms with van der Waals surface area (Å²) in [6.45, 7) is -3.45. The number of aliphatic hydroxyl groups excluding tert-OH is 1. The van der Waals surface area contributed by atoms with Crippen molar-refractivity contribution in [3.8, 4) is 16.3 Å². The largest absolute Gasteiger partial charge is 0.434 e. The molecule has 2 rings (SSSR count). The van der Waals surface area contributed by atoms with Gasteiger partial charge in [-0.05, 0) is 6.07 Å². The molecule has 0 saturated heterocycles. The summed E-state index contributed by atoms with van der Waals surface area (Å²) in [5.41, 5.74) is -0.0936. The topological polar surface area (TPSA) is 42.4 Å². The molecule has 1 aromatic carbocycles. The van der Waals surface area contributed by atoms with Crippen molar-refractivity contribution in [1.29, 1.82) is 0 Å². The first-order chi connectivity index (χ1) is 9.01. The van der Waals surface area contributed by atoms with E-state index in [9.17, 15) is 17.6 Å². The van der Waals surface area contributed by atoms with Gasteiger partial charge in [-0.3, -0.25) is 0 Å². The van der Waals surface area contributed by atoms with Crippen LogP contribution in [-0.2, 0) is 6.61 Å². The molecule has 0 aliphatic rings. The zero-order valence-electron chi connectivity index (χ0n) is 9.24. The van der Waals surface area contributed by atoms with Gasteiger partial charge in [-0.2, -0.15) is 8.78 Å². The van der Waals surface area contributed by atoms with Gasteiger partial charge in [0.25, 0.3) is 0 Å². The van der Waals surface area contributed by atoms with Crippen LogP contribution in [0.1, 0.15) is 4.88 Å². The number of thiazole rings is 1. The molecule has 3 nitrogen and oxygen atoms in total. The van der Waals surface area contributed by atoms with Crippen LogP contribution in [0.2, 0.25) is 0 Å². The molecular formula is C11H7F4NO2S. The molecule has 0 fully saturated rings. The Hall–Kier alpha value is -1.67. The van der Waals surface area contributed by atoms with E-state index in [2.05, 4.69) is 9.72 Å². The summed E-state index contributed by atoms with van der Waals surface area (Å²) in [4.78, 5) is 4.30. The van der Waals surface area contributed by atoms with Crippen molar-refractivity contribution in [3.05, 3.63) is 34.8 Å². The normalized spacial score (nSPS) is 11.1. The van der Waals surface area contributed by atoms with Gasteiger partial charge in [0.15, 0.2) is 11.6 Å². The molecule has 0 radical (unpaired) electrons. The second kappa shape index (κ2) is 5.54. The molecular weight excluding hydrogens is 286 g/mol. The molecule has 0 bridgehead atoms. The first-order valence-corrected chi connectivity index (χ1v) is 5.82. The Morgan fingerprint density at radius 1 is 1.26 bits per heavy atom. The van der Waals surface area contributed by atoms with Crippen molar-refractivity contribution >= 4 is 11.3 Å². The minimum atomic E-state index is -3.17. The highest BCUT2D eigenvalue weighted by Gasteiger charge is 2.18. The van der Waals surface area contributed by atoms with E-state index < -0.39 is 24.0 Å². The van der Waals surface area contributed by atoms with Crippen LogP contribution in [0.25, 0.3) is 10.6 Å². The highest BCUT2D eigenvalue weighted by molar-refractivity contribution is 7.15. The summed E-state index contributed by atoms with van der Waals surface area (Å²) in [6, 6.07) is 1.27. The number of halogens is 4. The molecule has 0 amide bonds. The van der Waals surface area contributed by atoms with Crippen molar-refractivity contribution < 1.29 is 27.4 Å². The molecule has 102 valence electrons. The van der Waals surface area contributed by atoms with Crippen LogP contribution in [0.4, 0.5) is 17.6 Å². The highest BCUT2D eigenvalue weighted by atomic mass is 32.1. The maximum Gasteiger partial charge on any atom is 0.387 e. The average Bonchev–Trinajstić information content (AvgIpc) is 2.81. The van der Waals surface area contributed by atoms with E-state index in [4.69, 9.17) is 5.11 Å². The van der Waals surface area contributed by atoms with E-state index in [0.717, 1.165) is 17.4 Å². The van der Waals surface area contributed by atoms with Crippen molar-refractivity contribution in [2.24, 2.45) is 0 Å². The van der Waals surface area contributed by atoms with E-state index in [1.807, 2.05) is 0 Å². The molecule has 2 aromatic rings. The number of hydrogen-bond donors (Lipinski definition) is 1. The standard InChI is InChI=1S/C11H7F4NO2S/c12-7-1-6(10-16-3-5(4-17)19-10)9(2-8(7)13)18-11(14)15/h1-3,11,17H,4H2. The Bertz CT molecular complexity index is 588. The van der Waals surface area contributed by atoms with Crippen LogP contribution in [0.3, 0.4) is 0 Å². The summed E-state index contributed by atoms with van der Waals surface area (Å²) in [6.07, 6.45) is 1.31. The quantitative estimate of drug-likeness (QED) is 0.880. The number of aromatic nitrogens is 1. The Balaban J connectivity index is 2.50. The summed E-state index contributed by atoms with van der Waals surface area (Å²) in [7, 11) is 0. The molecule has 0 aliphatic heterocycles. The number of hydrogen-bond acceptors (Lipinski definition) is 4. The second-order valence-corrected chi connectivity index (χ2v) is 4.55. The van der Waals surface area contributed by atoms with E-state index >= 15 is 0 Å². The monoisotopic (exact) mass is 293 g/mol. The third kappa shape index (κ3) is 3.02. The van der Waals surface area contributed by atoms with E-state index in [1.54, 1.807) is 0 Å².